The van der Waals surface area contributed by atoms with Gasteiger partial charge >= 0.3 is 0 Å². The molecule has 0 aliphatic rings. The molecule has 0 radical (unpaired) electrons. The van der Waals surface area contributed by atoms with E-state index in [1.807, 2.05) is 18.3 Å². The average molecular weight is 249 g/mol. The summed E-state index contributed by atoms with van der Waals surface area (Å²) in [6.07, 6.45) is 3.96. The summed E-state index contributed by atoms with van der Waals surface area (Å²) in [4.78, 5) is 6.74. The average Bonchev–Trinajstić information content (AvgIpc) is 2.36. The van der Waals surface area contributed by atoms with Crippen LogP contribution in [0.5, 0.6) is 0 Å². The highest BCUT2D eigenvalue weighted by molar-refractivity contribution is 5.04. The SMILES string of the molecule is CC(C)CC(C)(CN)N(C)CCc1ccccn1. The van der Waals surface area contributed by atoms with Crippen molar-refractivity contribution >= 4 is 0 Å². The van der Waals surface area contributed by atoms with Gasteiger partial charge in [0.1, 0.15) is 0 Å². The third-order valence-electron chi connectivity index (χ3n) is 3.64. The Bertz CT molecular complexity index is 337. The molecule has 0 fully saturated rings. The smallest absolute Gasteiger partial charge is 0.0416 e. The molecule has 1 aromatic heterocycles. The maximum Gasteiger partial charge on any atom is 0.0416 e. The van der Waals surface area contributed by atoms with Crippen LogP contribution in [0.25, 0.3) is 0 Å². The van der Waals surface area contributed by atoms with Gasteiger partial charge < -0.3 is 5.73 Å². The van der Waals surface area contributed by atoms with Crippen LogP contribution in [0.15, 0.2) is 24.4 Å². The van der Waals surface area contributed by atoms with Crippen molar-refractivity contribution in [3.05, 3.63) is 30.1 Å². The van der Waals surface area contributed by atoms with Gasteiger partial charge in [0.25, 0.3) is 0 Å². The third-order valence-corrected chi connectivity index (χ3v) is 3.64. The number of hydrogen-bond donors (Lipinski definition) is 1. The van der Waals surface area contributed by atoms with Gasteiger partial charge in [0.15, 0.2) is 0 Å². The fraction of sp³-hybridized carbons (Fsp3) is 0.667. The normalized spacial score (nSPS) is 15.1. The monoisotopic (exact) mass is 249 g/mol. The van der Waals surface area contributed by atoms with Crippen molar-refractivity contribution in [2.75, 3.05) is 20.1 Å². The van der Waals surface area contributed by atoms with Crippen LogP contribution in [-0.2, 0) is 6.42 Å². The van der Waals surface area contributed by atoms with Gasteiger partial charge in [-0.2, -0.15) is 0 Å². The van der Waals surface area contributed by atoms with E-state index in [1.165, 1.54) is 0 Å². The van der Waals surface area contributed by atoms with Crippen LogP contribution in [0.4, 0.5) is 0 Å². The summed E-state index contributed by atoms with van der Waals surface area (Å²) in [5, 5.41) is 0. The van der Waals surface area contributed by atoms with E-state index >= 15 is 0 Å². The Hall–Kier alpha value is -0.930. The number of nitrogens with two attached hydrogens (primary N) is 1. The summed E-state index contributed by atoms with van der Waals surface area (Å²) in [6.45, 7) is 8.45. The highest BCUT2D eigenvalue weighted by Crippen LogP contribution is 2.21. The molecule has 2 N–H and O–H groups in total. The minimum Gasteiger partial charge on any atom is -0.329 e. The van der Waals surface area contributed by atoms with Gasteiger partial charge in [-0.25, -0.2) is 0 Å². The van der Waals surface area contributed by atoms with E-state index in [0.717, 1.165) is 25.1 Å². The van der Waals surface area contributed by atoms with Crippen molar-refractivity contribution in [3.63, 3.8) is 0 Å². The number of hydrogen-bond acceptors (Lipinski definition) is 3. The van der Waals surface area contributed by atoms with Crippen LogP contribution in [0.1, 0.15) is 32.9 Å². The first-order chi connectivity index (χ1) is 8.48. The van der Waals surface area contributed by atoms with Crippen LogP contribution in [0.3, 0.4) is 0 Å². The molecule has 1 rings (SSSR count). The molecule has 0 aliphatic carbocycles. The Morgan fingerprint density at radius 1 is 1.39 bits per heavy atom. The predicted molar refractivity (Wildman–Crippen MR) is 77.5 cm³/mol. The van der Waals surface area contributed by atoms with Gasteiger partial charge in [0.2, 0.25) is 0 Å². The molecular formula is C15H27N3. The third kappa shape index (κ3) is 4.39. The highest BCUT2D eigenvalue weighted by Gasteiger charge is 2.28. The van der Waals surface area contributed by atoms with Crippen molar-refractivity contribution in [1.82, 2.24) is 9.88 Å². The van der Waals surface area contributed by atoms with E-state index in [9.17, 15) is 0 Å². The Balaban J connectivity index is 2.55. The van der Waals surface area contributed by atoms with Gasteiger partial charge in [-0.3, -0.25) is 9.88 Å². The first-order valence-electron chi connectivity index (χ1n) is 6.79. The Labute approximate surface area is 111 Å². The van der Waals surface area contributed by atoms with Crippen LogP contribution in [0, 0.1) is 5.92 Å². The molecule has 0 saturated carbocycles. The largest absolute Gasteiger partial charge is 0.329 e. The van der Waals surface area contributed by atoms with Crippen molar-refractivity contribution in [3.8, 4) is 0 Å². The number of pyridine rings is 1. The van der Waals surface area contributed by atoms with Crippen molar-refractivity contribution in [2.24, 2.45) is 11.7 Å². The van der Waals surface area contributed by atoms with Crippen LogP contribution >= 0.6 is 0 Å². The molecule has 18 heavy (non-hydrogen) atoms. The zero-order chi connectivity index (χ0) is 13.6. The molecular weight excluding hydrogens is 222 g/mol. The second-order valence-corrected chi connectivity index (χ2v) is 5.79. The minimum atomic E-state index is 0.0863. The van der Waals surface area contributed by atoms with E-state index in [-0.39, 0.29) is 5.54 Å². The lowest BCUT2D eigenvalue weighted by Crippen LogP contribution is -2.51. The van der Waals surface area contributed by atoms with E-state index in [4.69, 9.17) is 5.73 Å². The molecule has 0 bridgehead atoms. The molecule has 1 heterocycles. The van der Waals surface area contributed by atoms with Crippen LogP contribution < -0.4 is 5.73 Å². The van der Waals surface area contributed by atoms with Gasteiger partial charge in [0, 0.05) is 36.9 Å². The van der Waals surface area contributed by atoms with E-state index in [2.05, 4.69) is 43.8 Å². The maximum absolute atomic E-state index is 5.97. The standard InChI is InChI=1S/C15H27N3/c1-13(2)11-15(3,12-16)18(4)10-8-14-7-5-6-9-17-14/h5-7,9,13H,8,10-12,16H2,1-4H3. The Morgan fingerprint density at radius 3 is 2.61 bits per heavy atom. The maximum atomic E-state index is 5.97. The molecule has 0 aromatic carbocycles. The zero-order valence-corrected chi connectivity index (χ0v) is 12.2. The summed E-state index contributed by atoms with van der Waals surface area (Å²) >= 11 is 0. The van der Waals surface area contributed by atoms with Gasteiger partial charge in [-0.05, 0) is 38.4 Å². The molecule has 0 saturated heterocycles. The summed E-state index contributed by atoms with van der Waals surface area (Å²) < 4.78 is 0. The number of nitrogens with zero attached hydrogens (tertiary/aromatic N) is 2. The Morgan fingerprint density at radius 2 is 2.11 bits per heavy atom. The second-order valence-electron chi connectivity index (χ2n) is 5.79. The lowest BCUT2D eigenvalue weighted by Gasteiger charge is -2.39. The minimum absolute atomic E-state index is 0.0863. The Kier molecular flexibility index (Phi) is 5.76. The fourth-order valence-electron chi connectivity index (χ4n) is 2.37. The van der Waals surface area contributed by atoms with E-state index in [1.54, 1.807) is 0 Å². The zero-order valence-electron chi connectivity index (χ0n) is 12.2. The van der Waals surface area contributed by atoms with Crippen molar-refractivity contribution in [2.45, 2.75) is 39.2 Å². The predicted octanol–water partition coefficient (Wildman–Crippen LogP) is 2.32. The first kappa shape index (κ1) is 15.1. The number of rotatable bonds is 7. The highest BCUT2D eigenvalue weighted by atomic mass is 15.2. The van der Waals surface area contributed by atoms with E-state index < -0.39 is 0 Å². The first-order valence-corrected chi connectivity index (χ1v) is 6.79. The van der Waals surface area contributed by atoms with Gasteiger partial charge in [-0.15, -0.1) is 0 Å². The number of likely N-dealkylation sites (N-methyl/N-ethyl adjacent to an activating group) is 1. The molecule has 0 amide bonds. The number of aromatic nitrogens is 1. The lowest BCUT2D eigenvalue weighted by atomic mass is 9.89. The molecule has 3 nitrogen and oxygen atoms in total. The molecule has 3 heteroatoms. The molecule has 0 aliphatic heterocycles. The lowest BCUT2D eigenvalue weighted by molar-refractivity contribution is 0.120. The summed E-state index contributed by atoms with van der Waals surface area (Å²) in [5.41, 5.74) is 7.20. The molecule has 1 aromatic rings. The van der Waals surface area contributed by atoms with Crippen molar-refractivity contribution < 1.29 is 0 Å². The van der Waals surface area contributed by atoms with Crippen LogP contribution in [0.2, 0.25) is 0 Å². The molecule has 1 unspecified atom stereocenters. The fourth-order valence-corrected chi connectivity index (χ4v) is 2.37. The van der Waals surface area contributed by atoms with E-state index in [0.29, 0.717) is 12.5 Å². The molecule has 1 atom stereocenters. The summed E-state index contributed by atoms with van der Waals surface area (Å²) in [5.74, 6) is 0.663. The molecule has 0 spiro atoms. The van der Waals surface area contributed by atoms with Gasteiger partial charge in [-0.1, -0.05) is 19.9 Å². The second kappa shape index (κ2) is 6.86. The van der Waals surface area contributed by atoms with Gasteiger partial charge in [0.05, 0.1) is 0 Å². The quantitative estimate of drug-likeness (QED) is 0.806. The topological polar surface area (TPSA) is 42.1 Å². The summed E-state index contributed by atoms with van der Waals surface area (Å²) in [7, 11) is 2.16. The van der Waals surface area contributed by atoms with Crippen molar-refractivity contribution in [1.29, 1.82) is 0 Å². The molecule has 102 valence electrons. The summed E-state index contributed by atoms with van der Waals surface area (Å²) in [6, 6.07) is 6.07. The van der Waals surface area contributed by atoms with Crippen LogP contribution in [-0.4, -0.2) is 35.6 Å².